The van der Waals surface area contributed by atoms with Crippen molar-refractivity contribution < 1.29 is 8.42 Å². The van der Waals surface area contributed by atoms with E-state index in [0.717, 1.165) is 16.9 Å². The number of hydrogen-bond acceptors (Lipinski definition) is 5. The summed E-state index contributed by atoms with van der Waals surface area (Å²) in [6.07, 6.45) is 5.26. The Hall–Kier alpha value is -2.71. The Balaban J connectivity index is 1.49. The second-order valence-electron chi connectivity index (χ2n) is 5.92. The van der Waals surface area contributed by atoms with Crippen molar-refractivity contribution in [1.82, 2.24) is 19.3 Å². The molecule has 2 aromatic heterocycles. The fourth-order valence-corrected chi connectivity index (χ4v) is 3.57. The van der Waals surface area contributed by atoms with E-state index >= 15 is 0 Å². The average Bonchev–Trinajstić information content (AvgIpc) is 3.16. The third-order valence-corrected chi connectivity index (χ3v) is 5.11. The highest BCUT2D eigenvalue weighted by Crippen LogP contribution is 2.09. The quantitative estimate of drug-likeness (QED) is 0.592. The van der Waals surface area contributed by atoms with Crippen molar-refractivity contribution in [3.8, 4) is 5.82 Å². The van der Waals surface area contributed by atoms with Gasteiger partial charge in [-0.2, -0.15) is 0 Å². The Morgan fingerprint density at radius 3 is 2.50 bits per heavy atom. The third-order valence-electron chi connectivity index (χ3n) is 3.75. The molecular weight excluding hydrogens is 350 g/mol. The SMILES string of the molecule is Cc1ccc(CS(=O)(=O)NCCNc2cc(-n3cccc3)ncn2)cc1. The molecule has 0 unspecified atom stereocenters. The molecule has 0 aliphatic carbocycles. The summed E-state index contributed by atoms with van der Waals surface area (Å²) < 4.78 is 28.7. The minimum atomic E-state index is -3.37. The zero-order valence-electron chi connectivity index (χ0n) is 14.5. The van der Waals surface area contributed by atoms with E-state index < -0.39 is 10.0 Å². The van der Waals surface area contributed by atoms with Gasteiger partial charge < -0.3 is 9.88 Å². The molecule has 8 heteroatoms. The summed E-state index contributed by atoms with van der Waals surface area (Å²) in [5, 5.41) is 3.10. The van der Waals surface area contributed by atoms with Crippen LogP contribution in [0, 0.1) is 6.92 Å². The molecule has 1 aromatic carbocycles. The number of aryl methyl sites for hydroxylation is 1. The predicted molar refractivity (Wildman–Crippen MR) is 102 cm³/mol. The van der Waals surface area contributed by atoms with Crippen LogP contribution in [-0.2, 0) is 15.8 Å². The number of nitrogens with one attached hydrogen (secondary N) is 2. The lowest BCUT2D eigenvalue weighted by atomic mass is 10.2. The second-order valence-corrected chi connectivity index (χ2v) is 7.72. The number of nitrogens with zero attached hydrogens (tertiary/aromatic N) is 3. The van der Waals surface area contributed by atoms with Gasteiger partial charge in [0.15, 0.2) is 0 Å². The van der Waals surface area contributed by atoms with E-state index in [9.17, 15) is 8.42 Å². The Morgan fingerprint density at radius 2 is 1.77 bits per heavy atom. The summed E-state index contributed by atoms with van der Waals surface area (Å²) in [7, 11) is -3.37. The molecule has 0 amide bonds. The van der Waals surface area contributed by atoms with E-state index in [1.807, 2.05) is 60.3 Å². The highest BCUT2D eigenvalue weighted by atomic mass is 32.2. The maximum Gasteiger partial charge on any atom is 0.215 e. The molecule has 0 spiro atoms. The van der Waals surface area contributed by atoms with Crippen molar-refractivity contribution in [2.45, 2.75) is 12.7 Å². The molecule has 26 heavy (non-hydrogen) atoms. The number of rotatable bonds is 8. The first-order chi connectivity index (χ1) is 12.5. The average molecular weight is 371 g/mol. The topological polar surface area (TPSA) is 88.9 Å². The molecule has 2 N–H and O–H groups in total. The smallest absolute Gasteiger partial charge is 0.215 e. The van der Waals surface area contributed by atoms with E-state index in [-0.39, 0.29) is 12.3 Å². The minimum absolute atomic E-state index is 0.0292. The van der Waals surface area contributed by atoms with Crippen molar-refractivity contribution in [2.24, 2.45) is 0 Å². The zero-order valence-corrected chi connectivity index (χ0v) is 15.3. The van der Waals surface area contributed by atoms with Crippen molar-refractivity contribution in [2.75, 3.05) is 18.4 Å². The summed E-state index contributed by atoms with van der Waals surface area (Å²) >= 11 is 0. The number of benzene rings is 1. The largest absolute Gasteiger partial charge is 0.369 e. The third kappa shape index (κ3) is 5.14. The highest BCUT2D eigenvalue weighted by molar-refractivity contribution is 7.88. The van der Waals surface area contributed by atoms with Crippen LogP contribution in [0.25, 0.3) is 5.82 Å². The van der Waals surface area contributed by atoms with Gasteiger partial charge in [0.25, 0.3) is 0 Å². The maximum atomic E-state index is 12.1. The molecule has 3 aromatic rings. The van der Waals surface area contributed by atoms with E-state index in [1.54, 1.807) is 6.07 Å². The van der Waals surface area contributed by atoms with Crippen LogP contribution >= 0.6 is 0 Å². The van der Waals surface area contributed by atoms with Gasteiger partial charge in [-0.1, -0.05) is 29.8 Å². The van der Waals surface area contributed by atoms with Gasteiger partial charge in [0.2, 0.25) is 10.0 Å². The maximum absolute atomic E-state index is 12.1. The van der Waals surface area contributed by atoms with Crippen LogP contribution < -0.4 is 10.0 Å². The predicted octanol–water partition coefficient (Wildman–Crippen LogP) is 2.11. The summed E-state index contributed by atoms with van der Waals surface area (Å²) in [5.41, 5.74) is 1.87. The van der Waals surface area contributed by atoms with Crippen molar-refractivity contribution in [3.63, 3.8) is 0 Å². The van der Waals surface area contributed by atoms with Crippen LogP contribution in [-0.4, -0.2) is 36.0 Å². The van der Waals surface area contributed by atoms with Gasteiger partial charge in [0, 0.05) is 31.5 Å². The van der Waals surface area contributed by atoms with Gasteiger partial charge in [-0.15, -0.1) is 0 Å². The van der Waals surface area contributed by atoms with Crippen molar-refractivity contribution in [1.29, 1.82) is 0 Å². The first-order valence-corrected chi connectivity index (χ1v) is 9.89. The lowest BCUT2D eigenvalue weighted by Crippen LogP contribution is -2.30. The lowest BCUT2D eigenvalue weighted by molar-refractivity contribution is 0.582. The fourth-order valence-electron chi connectivity index (χ4n) is 2.42. The first kappa shape index (κ1) is 18.1. The van der Waals surface area contributed by atoms with Gasteiger partial charge >= 0.3 is 0 Å². The van der Waals surface area contributed by atoms with E-state index in [0.29, 0.717) is 12.4 Å². The molecule has 7 nitrogen and oxygen atoms in total. The molecule has 3 rings (SSSR count). The Kier molecular flexibility index (Phi) is 5.65. The van der Waals surface area contributed by atoms with Gasteiger partial charge in [-0.3, -0.25) is 0 Å². The summed E-state index contributed by atoms with van der Waals surface area (Å²) in [4.78, 5) is 8.35. The Morgan fingerprint density at radius 1 is 1.04 bits per heavy atom. The number of hydrogen-bond donors (Lipinski definition) is 2. The van der Waals surface area contributed by atoms with Gasteiger partial charge in [-0.25, -0.2) is 23.1 Å². The molecule has 2 heterocycles. The summed E-state index contributed by atoms with van der Waals surface area (Å²) in [6, 6.07) is 13.1. The van der Waals surface area contributed by atoms with Crippen LogP contribution in [0.3, 0.4) is 0 Å². The van der Waals surface area contributed by atoms with Crippen LogP contribution in [0.2, 0.25) is 0 Å². The highest BCUT2D eigenvalue weighted by Gasteiger charge is 2.10. The molecule has 0 saturated carbocycles. The van der Waals surface area contributed by atoms with Crippen LogP contribution in [0.4, 0.5) is 5.82 Å². The van der Waals surface area contributed by atoms with E-state index in [4.69, 9.17) is 0 Å². The van der Waals surface area contributed by atoms with Gasteiger partial charge in [0.05, 0.1) is 5.75 Å². The summed E-state index contributed by atoms with van der Waals surface area (Å²) in [6.45, 7) is 2.67. The summed E-state index contributed by atoms with van der Waals surface area (Å²) in [5.74, 6) is 1.35. The molecule has 0 fully saturated rings. The standard InChI is InChI=1S/C18H21N5O2S/c1-15-4-6-16(7-5-15)13-26(24,25)22-9-8-19-17-12-18(21-14-20-17)23-10-2-3-11-23/h2-7,10-12,14,22H,8-9,13H2,1H3,(H,19,20,21). The molecule has 0 radical (unpaired) electrons. The van der Waals surface area contributed by atoms with Gasteiger partial charge in [0.1, 0.15) is 18.0 Å². The fraction of sp³-hybridized carbons (Fsp3) is 0.222. The molecule has 0 bridgehead atoms. The number of aromatic nitrogens is 3. The lowest BCUT2D eigenvalue weighted by Gasteiger charge is -2.09. The Bertz CT molecular complexity index is 938. The minimum Gasteiger partial charge on any atom is -0.369 e. The second kappa shape index (κ2) is 8.11. The molecule has 0 aliphatic heterocycles. The molecule has 136 valence electrons. The van der Waals surface area contributed by atoms with Crippen LogP contribution in [0.1, 0.15) is 11.1 Å². The van der Waals surface area contributed by atoms with Crippen LogP contribution in [0.15, 0.2) is 61.2 Å². The van der Waals surface area contributed by atoms with E-state index in [1.165, 1.54) is 6.33 Å². The number of anilines is 1. The normalized spacial score (nSPS) is 11.4. The molecular formula is C18H21N5O2S. The molecule has 0 saturated heterocycles. The van der Waals surface area contributed by atoms with Crippen molar-refractivity contribution >= 4 is 15.8 Å². The van der Waals surface area contributed by atoms with E-state index in [2.05, 4.69) is 20.0 Å². The first-order valence-electron chi connectivity index (χ1n) is 8.24. The monoisotopic (exact) mass is 371 g/mol. The number of sulfonamides is 1. The zero-order chi connectivity index (χ0) is 18.4. The molecule has 0 atom stereocenters. The van der Waals surface area contributed by atoms with Crippen LogP contribution in [0.5, 0.6) is 0 Å². The van der Waals surface area contributed by atoms with Crippen molar-refractivity contribution in [3.05, 3.63) is 72.3 Å². The van der Waals surface area contributed by atoms with Gasteiger partial charge in [-0.05, 0) is 24.6 Å². The Labute approximate surface area is 153 Å². The molecule has 0 aliphatic rings.